The van der Waals surface area contributed by atoms with Crippen LogP contribution in [0.4, 0.5) is 4.39 Å². The number of rotatable bonds is 6. The molecule has 1 rings (SSSR count). The molecule has 0 atom stereocenters. The van der Waals surface area contributed by atoms with Gasteiger partial charge < -0.3 is 4.74 Å². The van der Waals surface area contributed by atoms with Crippen LogP contribution in [0, 0.1) is 17.1 Å². The predicted octanol–water partition coefficient (Wildman–Crippen LogP) is 1.74. The van der Waals surface area contributed by atoms with Crippen molar-refractivity contribution >= 4 is 10.0 Å². The first-order valence-corrected chi connectivity index (χ1v) is 7.51. The Balaban J connectivity index is 3.00. The van der Waals surface area contributed by atoms with Gasteiger partial charge in [0.25, 0.3) is 0 Å². The minimum absolute atomic E-state index is 0.00468. The maximum atomic E-state index is 13.5. The minimum atomic E-state index is -3.91. The molecule has 0 saturated heterocycles. The summed E-state index contributed by atoms with van der Waals surface area (Å²) in [6, 6.07) is 5.13. The number of hydrogen-bond donors (Lipinski definition) is 0. The quantitative estimate of drug-likeness (QED) is 0.802. The van der Waals surface area contributed by atoms with Gasteiger partial charge in [-0.3, -0.25) is 0 Å². The van der Waals surface area contributed by atoms with E-state index in [1.807, 2.05) is 13.8 Å². The lowest BCUT2D eigenvalue weighted by Gasteiger charge is -2.18. The molecule has 0 unspecified atom stereocenters. The third-order valence-corrected chi connectivity index (χ3v) is 4.53. The molecule has 20 heavy (non-hydrogen) atoms. The lowest BCUT2D eigenvalue weighted by atomic mass is 10.2. The highest BCUT2D eigenvalue weighted by atomic mass is 32.2. The molecule has 1 aromatic carbocycles. The Morgan fingerprint density at radius 3 is 2.65 bits per heavy atom. The van der Waals surface area contributed by atoms with Crippen LogP contribution in [0.15, 0.2) is 23.1 Å². The van der Waals surface area contributed by atoms with Crippen LogP contribution < -0.4 is 0 Å². The van der Waals surface area contributed by atoms with E-state index in [2.05, 4.69) is 0 Å². The van der Waals surface area contributed by atoms with Gasteiger partial charge in [0, 0.05) is 13.6 Å². The average molecular weight is 300 g/mol. The highest BCUT2D eigenvalue weighted by molar-refractivity contribution is 7.89. The van der Waals surface area contributed by atoms with E-state index >= 15 is 0 Å². The number of benzene rings is 1. The predicted molar refractivity (Wildman–Crippen MR) is 72.0 cm³/mol. The summed E-state index contributed by atoms with van der Waals surface area (Å²) in [5, 5.41) is 8.90. The molecule has 5 nitrogen and oxygen atoms in total. The van der Waals surface area contributed by atoms with E-state index < -0.39 is 21.4 Å². The summed E-state index contributed by atoms with van der Waals surface area (Å²) in [4.78, 5) is -0.327. The van der Waals surface area contributed by atoms with Crippen LogP contribution in [0.1, 0.15) is 19.4 Å². The Kier molecular flexibility index (Phi) is 5.62. The lowest BCUT2D eigenvalue weighted by Crippen LogP contribution is -2.31. The molecular formula is C13H17FN2O3S. The molecule has 0 aliphatic rings. The van der Waals surface area contributed by atoms with Crippen molar-refractivity contribution < 1.29 is 17.5 Å². The Morgan fingerprint density at radius 1 is 1.45 bits per heavy atom. The number of nitriles is 1. The van der Waals surface area contributed by atoms with Gasteiger partial charge in [0.2, 0.25) is 10.0 Å². The molecule has 0 heterocycles. The van der Waals surface area contributed by atoms with Crippen molar-refractivity contribution in [1.82, 2.24) is 4.31 Å². The Morgan fingerprint density at radius 2 is 2.10 bits per heavy atom. The molecule has 0 aliphatic heterocycles. The number of sulfonamides is 1. The van der Waals surface area contributed by atoms with Crippen molar-refractivity contribution in [2.24, 2.45) is 0 Å². The normalized spacial score (nSPS) is 11.8. The van der Waals surface area contributed by atoms with E-state index in [9.17, 15) is 12.8 Å². The highest BCUT2D eigenvalue weighted by Gasteiger charge is 2.25. The second kappa shape index (κ2) is 6.79. The van der Waals surface area contributed by atoms with Crippen molar-refractivity contribution in [1.29, 1.82) is 5.26 Å². The first-order chi connectivity index (χ1) is 9.30. The number of nitrogens with zero attached hydrogens (tertiary/aromatic N) is 2. The largest absolute Gasteiger partial charge is 0.377 e. The molecule has 0 bridgehead atoms. The molecule has 0 fully saturated rings. The average Bonchev–Trinajstić information content (AvgIpc) is 2.37. The van der Waals surface area contributed by atoms with Crippen LogP contribution in [-0.2, 0) is 14.8 Å². The molecular weight excluding hydrogens is 283 g/mol. The zero-order valence-corrected chi connectivity index (χ0v) is 12.4. The summed E-state index contributed by atoms with van der Waals surface area (Å²) in [6.07, 6.45) is -0.00468. The fraction of sp³-hybridized carbons (Fsp3) is 0.462. The summed E-state index contributed by atoms with van der Waals surface area (Å²) >= 11 is 0. The maximum absolute atomic E-state index is 13.5. The first-order valence-electron chi connectivity index (χ1n) is 6.07. The monoisotopic (exact) mass is 300 g/mol. The fourth-order valence-corrected chi connectivity index (χ4v) is 2.84. The standard InChI is InChI=1S/C13H17FN2O3S/c1-10(2)19-8-7-16(3)20(17,18)13-6-4-5-12(14)11(13)9-15/h4-6,10H,7-8H2,1-3H3. The topological polar surface area (TPSA) is 70.4 Å². The van der Waals surface area contributed by atoms with Gasteiger partial charge >= 0.3 is 0 Å². The van der Waals surface area contributed by atoms with Gasteiger partial charge in [0.15, 0.2) is 0 Å². The minimum Gasteiger partial charge on any atom is -0.377 e. The van der Waals surface area contributed by atoms with Gasteiger partial charge in [0.1, 0.15) is 22.3 Å². The van der Waals surface area contributed by atoms with Gasteiger partial charge in [-0.25, -0.2) is 12.8 Å². The highest BCUT2D eigenvalue weighted by Crippen LogP contribution is 2.21. The fourth-order valence-electron chi connectivity index (χ4n) is 1.53. The molecule has 0 saturated carbocycles. The number of ether oxygens (including phenoxy) is 1. The van der Waals surface area contributed by atoms with Crippen molar-refractivity contribution in [3.8, 4) is 6.07 Å². The van der Waals surface area contributed by atoms with Gasteiger partial charge in [-0.2, -0.15) is 9.57 Å². The lowest BCUT2D eigenvalue weighted by molar-refractivity contribution is 0.0737. The van der Waals surface area contributed by atoms with Crippen molar-refractivity contribution in [2.75, 3.05) is 20.2 Å². The van der Waals surface area contributed by atoms with Crippen LogP contribution in [-0.4, -0.2) is 39.0 Å². The maximum Gasteiger partial charge on any atom is 0.244 e. The van der Waals surface area contributed by atoms with Gasteiger partial charge in [-0.05, 0) is 26.0 Å². The zero-order valence-electron chi connectivity index (χ0n) is 11.6. The summed E-state index contributed by atoms with van der Waals surface area (Å²) < 4.78 is 44.4. The second-order valence-electron chi connectivity index (χ2n) is 4.47. The van der Waals surface area contributed by atoms with Crippen LogP contribution in [0.2, 0.25) is 0 Å². The zero-order chi connectivity index (χ0) is 15.3. The molecule has 0 N–H and O–H groups in total. The van der Waals surface area contributed by atoms with E-state index in [1.54, 1.807) is 6.07 Å². The van der Waals surface area contributed by atoms with Gasteiger partial charge in [-0.1, -0.05) is 6.07 Å². The molecule has 0 aliphatic carbocycles. The summed E-state index contributed by atoms with van der Waals surface area (Å²) in [7, 11) is -2.55. The van der Waals surface area contributed by atoms with E-state index in [-0.39, 0.29) is 24.2 Å². The number of halogens is 1. The van der Waals surface area contributed by atoms with Crippen LogP contribution in [0.25, 0.3) is 0 Å². The van der Waals surface area contributed by atoms with E-state index in [4.69, 9.17) is 10.00 Å². The molecule has 0 amide bonds. The summed E-state index contributed by atoms with van der Waals surface area (Å²) in [5.41, 5.74) is -0.468. The molecule has 110 valence electrons. The Bertz CT molecular complexity index is 609. The third kappa shape index (κ3) is 3.76. The molecule has 7 heteroatoms. The smallest absolute Gasteiger partial charge is 0.244 e. The third-order valence-electron chi connectivity index (χ3n) is 2.63. The van der Waals surface area contributed by atoms with Gasteiger partial charge in [-0.15, -0.1) is 0 Å². The molecule has 1 aromatic rings. The Hall–Kier alpha value is -1.49. The SMILES string of the molecule is CC(C)OCCN(C)S(=O)(=O)c1cccc(F)c1C#N. The molecule has 0 aromatic heterocycles. The summed E-state index contributed by atoms with van der Waals surface area (Å²) in [6.45, 7) is 4.04. The number of hydrogen-bond acceptors (Lipinski definition) is 4. The Labute approximate surface area is 118 Å². The van der Waals surface area contributed by atoms with E-state index in [1.165, 1.54) is 19.2 Å². The van der Waals surface area contributed by atoms with E-state index in [0.29, 0.717) is 0 Å². The van der Waals surface area contributed by atoms with Crippen LogP contribution in [0.5, 0.6) is 0 Å². The number of likely N-dealkylation sites (N-methyl/N-ethyl adjacent to an activating group) is 1. The van der Waals surface area contributed by atoms with Crippen LogP contribution in [0.3, 0.4) is 0 Å². The molecule has 0 radical (unpaired) electrons. The van der Waals surface area contributed by atoms with Crippen molar-refractivity contribution in [3.05, 3.63) is 29.6 Å². The van der Waals surface area contributed by atoms with Gasteiger partial charge in [0.05, 0.1) is 12.7 Å². The second-order valence-corrected chi connectivity index (χ2v) is 6.48. The first kappa shape index (κ1) is 16.6. The van der Waals surface area contributed by atoms with Crippen LogP contribution >= 0.6 is 0 Å². The van der Waals surface area contributed by atoms with Crippen molar-refractivity contribution in [2.45, 2.75) is 24.8 Å². The summed E-state index contributed by atoms with van der Waals surface area (Å²) in [5.74, 6) is -0.847. The molecule has 0 spiro atoms. The van der Waals surface area contributed by atoms with Crippen molar-refractivity contribution in [3.63, 3.8) is 0 Å². The van der Waals surface area contributed by atoms with E-state index in [0.717, 1.165) is 10.4 Å².